The minimum atomic E-state index is -0.365. The van der Waals surface area contributed by atoms with Crippen LogP contribution in [0.3, 0.4) is 0 Å². The van der Waals surface area contributed by atoms with Crippen LogP contribution in [0.2, 0.25) is 0 Å². The van der Waals surface area contributed by atoms with Crippen molar-refractivity contribution in [2.45, 2.75) is 45.3 Å². The summed E-state index contributed by atoms with van der Waals surface area (Å²) in [6.07, 6.45) is 2.47. The number of carbonyl (C=O) groups excluding carboxylic acids is 1. The van der Waals surface area contributed by atoms with Crippen molar-refractivity contribution >= 4 is 39.4 Å². The summed E-state index contributed by atoms with van der Waals surface area (Å²) in [5, 5.41) is 17.8. The first-order valence-electron chi connectivity index (χ1n) is 12.9. The molecule has 0 radical (unpaired) electrons. The number of benzene rings is 3. The molecule has 0 unspecified atom stereocenters. The Morgan fingerprint density at radius 3 is 2.47 bits per heavy atom. The Morgan fingerprint density at radius 1 is 1.05 bits per heavy atom. The number of carbonyl (C=O) groups is 1. The molecule has 0 spiro atoms. The number of nitrogen functional groups attached to an aromatic ring is 1. The summed E-state index contributed by atoms with van der Waals surface area (Å²) >= 11 is 0. The molecule has 1 saturated heterocycles. The maximum absolute atomic E-state index is 11.6. The normalized spacial score (nSPS) is 14.2. The molecule has 5 rings (SSSR count). The molecule has 0 atom stereocenters. The van der Waals surface area contributed by atoms with E-state index in [-0.39, 0.29) is 24.3 Å². The molecule has 9 nitrogen and oxygen atoms in total. The molecule has 1 fully saturated rings. The number of fused-ring (bicyclic) bond motifs is 2. The summed E-state index contributed by atoms with van der Waals surface area (Å²) < 4.78 is 8.49. The summed E-state index contributed by atoms with van der Waals surface area (Å²) in [7, 11) is 0. The second kappa shape index (κ2) is 10.5. The fourth-order valence-corrected chi connectivity index (χ4v) is 5.23. The summed E-state index contributed by atoms with van der Waals surface area (Å²) in [5.74, 6) is 1.83. The summed E-state index contributed by atoms with van der Waals surface area (Å²) in [6.45, 7) is 3.99. The van der Waals surface area contributed by atoms with E-state index in [1.54, 1.807) is 0 Å². The number of hydrogen-bond acceptors (Lipinski definition) is 5. The van der Waals surface area contributed by atoms with Crippen LogP contribution in [0.25, 0.3) is 21.8 Å². The van der Waals surface area contributed by atoms with E-state index in [0.29, 0.717) is 24.4 Å². The molecule has 6 N–H and O–H groups in total. The molecule has 1 aromatic heterocycles. The molecule has 196 valence electrons. The molecule has 0 aliphatic carbocycles. The van der Waals surface area contributed by atoms with E-state index >= 15 is 0 Å². The molecular formula is C29H33N7O2. The van der Waals surface area contributed by atoms with Gasteiger partial charge < -0.3 is 25.7 Å². The smallest absolute Gasteiger partial charge is 0.217 e. The standard InChI is InChI=1S/C29H33N7O2/c1-18(30)35-14-12-20(13-15-35)38-21-7-9-25-26(16-21)36(28(34-25)11-10-27(31)37)17-19-6-8-24(29(32)33)23-5-3-2-4-22(19)23/h2-9,16,20,30H,10-15,17H2,1H3,(H2,31,37)(H3,32,33). The first-order chi connectivity index (χ1) is 18.3. The van der Waals surface area contributed by atoms with Gasteiger partial charge >= 0.3 is 0 Å². The number of hydrogen-bond donors (Lipinski definition) is 4. The highest BCUT2D eigenvalue weighted by Crippen LogP contribution is 2.29. The van der Waals surface area contributed by atoms with Crippen molar-refractivity contribution in [2.24, 2.45) is 11.5 Å². The molecule has 4 aromatic rings. The molecule has 1 aliphatic rings. The van der Waals surface area contributed by atoms with E-state index in [4.69, 9.17) is 32.0 Å². The van der Waals surface area contributed by atoms with E-state index in [2.05, 4.69) is 9.47 Å². The lowest BCUT2D eigenvalue weighted by Crippen LogP contribution is -2.40. The van der Waals surface area contributed by atoms with Gasteiger partial charge in [0.25, 0.3) is 0 Å². The molecule has 1 amide bonds. The first kappa shape index (κ1) is 25.3. The highest BCUT2D eigenvalue weighted by molar-refractivity contribution is 6.08. The molecule has 2 heterocycles. The number of nitrogens with two attached hydrogens (primary N) is 2. The Hall–Kier alpha value is -4.40. The molecule has 38 heavy (non-hydrogen) atoms. The Kier molecular flexibility index (Phi) is 7.00. The number of aromatic nitrogens is 2. The second-order valence-corrected chi connectivity index (χ2v) is 9.85. The third-order valence-electron chi connectivity index (χ3n) is 7.25. The van der Waals surface area contributed by atoms with Crippen molar-refractivity contribution in [3.05, 3.63) is 71.5 Å². The van der Waals surface area contributed by atoms with Gasteiger partial charge in [-0.1, -0.05) is 36.4 Å². The minimum Gasteiger partial charge on any atom is -0.490 e. The van der Waals surface area contributed by atoms with Gasteiger partial charge in [0.05, 0.1) is 16.9 Å². The number of amidine groups is 2. The Balaban J connectivity index is 1.50. The van der Waals surface area contributed by atoms with Gasteiger partial charge in [0, 0.05) is 56.9 Å². The molecule has 0 bridgehead atoms. The van der Waals surface area contributed by atoms with Crippen LogP contribution in [0.5, 0.6) is 5.75 Å². The maximum atomic E-state index is 11.6. The monoisotopic (exact) mass is 511 g/mol. The zero-order valence-electron chi connectivity index (χ0n) is 21.5. The van der Waals surface area contributed by atoms with E-state index in [0.717, 1.165) is 64.9 Å². The van der Waals surface area contributed by atoms with Gasteiger partial charge in [0.15, 0.2) is 0 Å². The van der Waals surface area contributed by atoms with Gasteiger partial charge in [0.2, 0.25) is 5.91 Å². The number of likely N-dealkylation sites (tertiary alicyclic amines) is 1. The Labute approximate surface area is 221 Å². The van der Waals surface area contributed by atoms with Crippen LogP contribution in [-0.2, 0) is 17.8 Å². The molecule has 0 saturated carbocycles. The topological polar surface area (TPSA) is 147 Å². The maximum Gasteiger partial charge on any atom is 0.217 e. The molecule has 9 heteroatoms. The quantitative estimate of drug-likeness (QED) is 0.210. The largest absolute Gasteiger partial charge is 0.490 e. The van der Waals surface area contributed by atoms with E-state index in [1.807, 2.05) is 61.5 Å². The van der Waals surface area contributed by atoms with Crippen molar-refractivity contribution in [3.63, 3.8) is 0 Å². The SMILES string of the molecule is CC(=N)N1CCC(Oc2ccc3nc(CCC(N)=O)n(Cc4ccc(C(=N)N)c5ccccc45)c3c2)CC1. The van der Waals surface area contributed by atoms with Gasteiger partial charge in [-0.25, -0.2) is 4.98 Å². The third-order valence-corrected chi connectivity index (χ3v) is 7.25. The van der Waals surface area contributed by atoms with Gasteiger partial charge in [-0.05, 0) is 35.4 Å². The fourth-order valence-electron chi connectivity index (χ4n) is 5.23. The number of imidazole rings is 1. The van der Waals surface area contributed by atoms with Crippen LogP contribution in [0.4, 0.5) is 0 Å². The van der Waals surface area contributed by atoms with Gasteiger partial charge in [-0.3, -0.25) is 15.6 Å². The van der Waals surface area contributed by atoms with Crippen molar-refractivity contribution < 1.29 is 9.53 Å². The van der Waals surface area contributed by atoms with E-state index in [9.17, 15) is 4.79 Å². The lowest BCUT2D eigenvalue weighted by atomic mass is 9.98. The van der Waals surface area contributed by atoms with Gasteiger partial charge in [0.1, 0.15) is 23.5 Å². The summed E-state index contributed by atoms with van der Waals surface area (Å²) in [6, 6.07) is 17.8. The minimum absolute atomic E-state index is 0.0337. The number of aryl methyl sites for hydroxylation is 1. The van der Waals surface area contributed by atoms with Crippen LogP contribution >= 0.6 is 0 Å². The summed E-state index contributed by atoms with van der Waals surface area (Å²) in [5.41, 5.74) is 14.8. The number of rotatable bonds is 8. The van der Waals surface area contributed by atoms with E-state index in [1.165, 1.54) is 0 Å². The highest BCUT2D eigenvalue weighted by atomic mass is 16.5. The average Bonchev–Trinajstić information content (AvgIpc) is 3.24. The van der Waals surface area contributed by atoms with Crippen molar-refractivity contribution in [1.82, 2.24) is 14.5 Å². The van der Waals surface area contributed by atoms with Gasteiger partial charge in [-0.15, -0.1) is 0 Å². The Bertz CT molecular complexity index is 1530. The van der Waals surface area contributed by atoms with E-state index < -0.39 is 0 Å². The summed E-state index contributed by atoms with van der Waals surface area (Å²) in [4.78, 5) is 18.5. The van der Waals surface area contributed by atoms with Crippen LogP contribution in [0, 0.1) is 10.8 Å². The highest BCUT2D eigenvalue weighted by Gasteiger charge is 2.22. The lowest BCUT2D eigenvalue weighted by Gasteiger charge is -2.32. The molecule has 3 aromatic carbocycles. The van der Waals surface area contributed by atoms with Crippen molar-refractivity contribution in [3.8, 4) is 5.75 Å². The number of nitrogens with zero attached hydrogens (tertiary/aromatic N) is 3. The van der Waals surface area contributed by atoms with Crippen molar-refractivity contribution in [2.75, 3.05) is 13.1 Å². The molecular weight excluding hydrogens is 478 g/mol. The van der Waals surface area contributed by atoms with Crippen LogP contribution < -0.4 is 16.2 Å². The third kappa shape index (κ3) is 5.18. The zero-order valence-corrected chi connectivity index (χ0v) is 21.5. The predicted molar refractivity (Wildman–Crippen MR) is 150 cm³/mol. The Morgan fingerprint density at radius 2 is 1.79 bits per heavy atom. The number of primary amides is 1. The number of amides is 1. The lowest BCUT2D eigenvalue weighted by molar-refractivity contribution is -0.118. The number of nitrogens with one attached hydrogen (secondary N) is 2. The van der Waals surface area contributed by atoms with Crippen LogP contribution in [0.15, 0.2) is 54.6 Å². The number of ether oxygens (including phenoxy) is 1. The van der Waals surface area contributed by atoms with Crippen LogP contribution in [-0.4, -0.2) is 51.2 Å². The van der Waals surface area contributed by atoms with Gasteiger partial charge in [-0.2, -0.15) is 0 Å². The zero-order chi connectivity index (χ0) is 26.8. The number of piperidine rings is 1. The van der Waals surface area contributed by atoms with Crippen LogP contribution in [0.1, 0.15) is 43.1 Å². The first-order valence-corrected chi connectivity index (χ1v) is 12.9. The average molecular weight is 512 g/mol. The molecule has 1 aliphatic heterocycles. The predicted octanol–water partition coefficient (Wildman–Crippen LogP) is 3.78. The fraction of sp³-hybridized carbons (Fsp3) is 0.310. The second-order valence-electron chi connectivity index (χ2n) is 9.85. The van der Waals surface area contributed by atoms with Crippen molar-refractivity contribution in [1.29, 1.82) is 10.8 Å².